The summed E-state index contributed by atoms with van der Waals surface area (Å²) < 4.78 is 79.6. The van der Waals surface area contributed by atoms with Gasteiger partial charge < -0.3 is 0 Å². The van der Waals surface area contributed by atoms with Crippen molar-refractivity contribution >= 4 is 25.7 Å². The second kappa shape index (κ2) is 7.17. The van der Waals surface area contributed by atoms with Gasteiger partial charge in [-0.1, -0.05) is 0 Å². The van der Waals surface area contributed by atoms with E-state index in [1.165, 1.54) is 16.4 Å². The van der Waals surface area contributed by atoms with Gasteiger partial charge in [-0.05, 0) is 49.2 Å². The Morgan fingerprint density at radius 2 is 1.44 bits per heavy atom. The number of anilines is 1. The van der Waals surface area contributed by atoms with Crippen molar-refractivity contribution in [3.63, 3.8) is 0 Å². The molecule has 1 fully saturated rings. The molecule has 0 N–H and O–H groups in total. The second-order valence-corrected chi connectivity index (χ2v) is 10.1. The molecule has 0 atom stereocenters. The van der Waals surface area contributed by atoms with Crippen molar-refractivity contribution in [3.05, 3.63) is 54.1 Å². The van der Waals surface area contributed by atoms with E-state index < -0.39 is 37.4 Å². The van der Waals surface area contributed by atoms with Gasteiger partial charge in [0.25, 0.3) is 10.0 Å². The molecular weight excluding hydrogens is 398 g/mol. The lowest BCUT2D eigenvalue weighted by Gasteiger charge is -2.20. The van der Waals surface area contributed by atoms with Crippen LogP contribution in [0.5, 0.6) is 0 Å². The summed E-state index contributed by atoms with van der Waals surface area (Å²) in [7, 11) is -6.77. The van der Waals surface area contributed by atoms with E-state index in [9.17, 15) is 25.6 Å². The molecule has 27 heavy (non-hydrogen) atoms. The third-order valence-corrected chi connectivity index (χ3v) is 8.13. The van der Waals surface area contributed by atoms with E-state index in [0.717, 1.165) is 50.2 Å². The molecule has 1 aliphatic rings. The van der Waals surface area contributed by atoms with Gasteiger partial charge in [0, 0.05) is 26.2 Å². The largest absolute Gasteiger partial charge is 0.266 e. The highest BCUT2D eigenvalue weighted by molar-refractivity contribution is 7.92. The molecular formula is C17H18F2N2O4S2. The van der Waals surface area contributed by atoms with Crippen LogP contribution in [-0.2, 0) is 20.0 Å². The first-order chi connectivity index (χ1) is 12.6. The number of nitrogens with zero attached hydrogens (tertiary/aromatic N) is 2. The predicted octanol–water partition coefficient (Wildman–Crippen LogP) is 2.57. The third-order valence-electron chi connectivity index (χ3n) is 4.43. The van der Waals surface area contributed by atoms with E-state index in [1.807, 2.05) is 0 Å². The summed E-state index contributed by atoms with van der Waals surface area (Å²) in [6, 6.07) is 7.20. The minimum absolute atomic E-state index is 0.0112. The van der Waals surface area contributed by atoms with Gasteiger partial charge in [-0.3, -0.25) is 4.31 Å². The maximum Gasteiger partial charge on any atom is 0.264 e. The fourth-order valence-corrected chi connectivity index (χ4v) is 5.59. The lowest BCUT2D eigenvalue weighted by Crippen LogP contribution is -2.29. The Balaban J connectivity index is 1.92. The molecule has 0 amide bonds. The normalized spacial score (nSPS) is 15.8. The van der Waals surface area contributed by atoms with Crippen LogP contribution in [0.3, 0.4) is 0 Å². The van der Waals surface area contributed by atoms with Crippen LogP contribution in [0.2, 0.25) is 0 Å². The number of rotatable bonds is 5. The van der Waals surface area contributed by atoms with Crippen LogP contribution in [-0.4, -0.2) is 41.3 Å². The minimum Gasteiger partial charge on any atom is -0.266 e. The fourth-order valence-electron chi connectivity index (χ4n) is 2.88. The first-order valence-corrected chi connectivity index (χ1v) is 11.1. The molecule has 0 aromatic heterocycles. The van der Waals surface area contributed by atoms with Gasteiger partial charge in [0.15, 0.2) is 0 Å². The lowest BCUT2D eigenvalue weighted by atomic mass is 10.3. The van der Waals surface area contributed by atoms with Crippen LogP contribution in [0.4, 0.5) is 14.5 Å². The van der Waals surface area contributed by atoms with Gasteiger partial charge in [-0.25, -0.2) is 25.6 Å². The highest BCUT2D eigenvalue weighted by Gasteiger charge is 2.29. The van der Waals surface area contributed by atoms with Crippen LogP contribution in [0.25, 0.3) is 0 Å². The van der Waals surface area contributed by atoms with Gasteiger partial charge >= 0.3 is 0 Å². The molecule has 3 rings (SSSR count). The van der Waals surface area contributed by atoms with Crippen molar-refractivity contribution in [1.29, 1.82) is 0 Å². The van der Waals surface area contributed by atoms with Crippen molar-refractivity contribution in [2.45, 2.75) is 22.6 Å². The van der Waals surface area contributed by atoms with Gasteiger partial charge in [0.05, 0.1) is 15.5 Å². The van der Waals surface area contributed by atoms with Crippen molar-refractivity contribution in [3.8, 4) is 0 Å². The van der Waals surface area contributed by atoms with E-state index in [0.29, 0.717) is 17.4 Å². The number of hydrogen-bond donors (Lipinski definition) is 0. The third kappa shape index (κ3) is 3.69. The van der Waals surface area contributed by atoms with Crippen LogP contribution >= 0.6 is 0 Å². The van der Waals surface area contributed by atoms with E-state index in [-0.39, 0.29) is 9.79 Å². The van der Waals surface area contributed by atoms with Crippen LogP contribution < -0.4 is 4.31 Å². The van der Waals surface area contributed by atoms with Gasteiger partial charge in [-0.15, -0.1) is 0 Å². The molecule has 2 aromatic rings. The summed E-state index contributed by atoms with van der Waals surface area (Å²) in [5.41, 5.74) is -0.441. The molecule has 10 heteroatoms. The van der Waals surface area contributed by atoms with Crippen molar-refractivity contribution < 1.29 is 25.6 Å². The zero-order valence-corrected chi connectivity index (χ0v) is 16.1. The molecule has 0 aliphatic carbocycles. The summed E-state index contributed by atoms with van der Waals surface area (Å²) in [6.07, 6.45) is 1.57. The summed E-state index contributed by atoms with van der Waals surface area (Å²) in [6.45, 7) is 0.869. The van der Waals surface area contributed by atoms with Crippen molar-refractivity contribution in [2.24, 2.45) is 0 Å². The summed E-state index contributed by atoms with van der Waals surface area (Å²) in [5.74, 6) is -1.67. The molecule has 2 aromatic carbocycles. The van der Waals surface area contributed by atoms with Crippen molar-refractivity contribution in [1.82, 2.24) is 4.31 Å². The van der Waals surface area contributed by atoms with Crippen LogP contribution in [0.15, 0.2) is 52.3 Å². The smallest absolute Gasteiger partial charge is 0.264 e. The molecule has 146 valence electrons. The Kier molecular flexibility index (Phi) is 5.24. The maximum absolute atomic E-state index is 13.9. The van der Waals surface area contributed by atoms with Gasteiger partial charge in [0.2, 0.25) is 10.0 Å². The van der Waals surface area contributed by atoms with Gasteiger partial charge in [-0.2, -0.15) is 4.31 Å². The Hall–Kier alpha value is -2.04. The van der Waals surface area contributed by atoms with E-state index >= 15 is 0 Å². The van der Waals surface area contributed by atoms with E-state index in [2.05, 4.69) is 0 Å². The minimum atomic E-state index is -4.19. The number of sulfonamides is 2. The van der Waals surface area contributed by atoms with Crippen molar-refractivity contribution in [2.75, 3.05) is 24.4 Å². The predicted molar refractivity (Wildman–Crippen MR) is 96.4 cm³/mol. The highest BCUT2D eigenvalue weighted by atomic mass is 32.2. The van der Waals surface area contributed by atoms with Crippen LogP contribution in [0, 0.1) is 11.6 Å². The molecule has 0 spiro atoms. The maximum atomic E-state index is 13.9. The lowest BCUT2D eigenvalue weighted by molar-refractivity contribution is 0.477. The summed E-state index contributed by atoms with van der Waals surface area (Å²) in [5, 5.41) is 0. The average Bonchev–Trinajstić information content (AvgIpc) is 3.19. The first kappa shape index (κ1) is 19.7. The SMILES string of the molecule is CN(c1cc(F)ccc1F)S(=O)(=O)c1ccc(S(=O)(=O)N2CCCC2)cc1. The quantitative estimate of drug-likeness (QED) is 0.751. The molecule has 0 unspecified atom stereocenters. The first-order valence-electron chi connectivity index (χ1n) is 8.18. The zero-order valence-electron chi connectivity index (χ0n) is 14.5. The molecule has 0 radical (unpaired) electrons. The van der Waals surface area contributed by atoms with Gasteiger partial charge in [0.1, 0.15) is 11.6 Å². The Bertz CT molecular complexity index is 1050. The fraction of sp³-hybridized carbons (Fsp3) is 0.294. The highest BCUT2D eigenvalue weighted by Crippen LogP contribution is 2.27. The number of benzene rings is 2. The molecule has 1 saturated heterocycles. The monoisotopic (exact) mass is 416 g/mol. The zero-order chi connectivity index (χ0) is 19.8. The Labute approximate surface area is 157 Å². The molecule has 0 saturated carbocycles. The molecule has 0 bridgehead atoms. The number of halogens is 2. The van der Waals surface area contributed by atoms with E-state index in [4.69, 9.17) is 0 Å². The molecule has 1 aliphatic heterocycles. The standard InChI is InChI=1S/C17H18F2N2O4S2/c1-20(17-12-13(18)4-9-16(17)19)26(22,23)14-5-7-15(8-6-14)27(24,25)21-10-2-3-11-21/h4-9,12H,2-3,10-11H2,1H3. The molecule has 1 heterocycles. The number of hydrogen-bond acceptors (Lipinski definition) is 4. The molecule has 6 nitrogen and oxygen atoms in total. The summed E-state index contributed by atoms with van der Waals surface area (Å²) >= 11 is 0. The van der Waals surface area contributed by atoms with E-state index in [1.54, 1.807) is 0 Å². The average molecular weight is 416 g/mol. The van der Waals surface area contributed by atoms with Crippen LogP contribution in [0.1, 0.15) is 12.8 Å². The second-order valence-electron chi connectivity index (χ2n) is 6.15. The topological polar surface area (TPSA) is 74.8 Å². The Morgan fingerprint density at radius 1 is 0.889 bits per heavy atom. The summed E-state index contributed by atoms with van der Waals surface area (Å²) in [4.78, 5) is -0.239. The Morgan fingerprint density at radius 3 is 2.04 bits per heavy atom.